The molecule has 1 aliphatic rings. The van der Waals surface area contributed by atoms with Crippen molar-refractivity contribution < 1.29 is 4.79 Å². The van der Waals surface area contributed by atoms with Gasteiger partial charge in [-0.15, -0.1) is 0 Å². The minimum absolute atomic E-state index is 0.517. The highest BCUT2D eigenvalue weighted by molar-refractivity contribution is 7.78. The Balaban J connectivity index is 2.97. The van der Waals surface area contributed by atoms with E-state index in [1.807, 2.05) is 0 Å². The highest BCUT2D eigenvalue weighted by atomic mass is 31.1. The van der Waals surface area contributed by atoms with Gasteiger partial charge in [-0.3, -0.25) is 9.34 Å². The summed E-state index contributed by atoms with van der Waals surface area (Å²) in [5.41, 5.74) is 9.24. The second-order valence-corrected chi connectivity index (χ2v) is 12.8. The summed E-state index contributed by atoms with van der Waals surface area (Å²) < 4.78 is 4.68. The van der Waals surface area contributed by atoms with Gasteiger partial charge in [-0.2, -0.15) is 4.79 Å². The molecule has 0 amide bonds. The van der Waals surface area contributed by atoms with Crippen LogP contribution < -0.4 is 0 Å². The minimum Gasteiger partial charge on any atom is -0.362 e. The van der Waals surface area contributed by atoms with Gasteiger partial charge >= 0.3 is 0 Å². The lowest BCUT2D eigenvalue weighted by molar-refractivity contribution is 0.00242. The van der Waals surface area contributed by atoms with Gasteiger partial charge in [-0.25, -0.2) is 0 Å². The molecule has 1 heterocycles. The van der Waals surface area contributed by atoms with E-state index in [1.54, 1.807) is 0 Å². The SMILES string of the molecule is CN1CCCN(C)P1C(=[N+]=[N-])[Si](C)(C)C. The maximum absolute atomic E-state index is 9.24. The van der Waals surface area contributed by atoms with E-state index < -0.39 is 16.3 Å². The van der Waals surface area contributed by atoms with Gasteiger partial charge in [0, 0.05) is 13.1 Å². The molecule has 1 rings (SSSR count). The van der Waals surface area contributed by atoms with Gasteiger partial charge in [-0.05, 0) is 20.5 Å². The fourth-order valence-electron chi connectivity index (χ4n) is 1.79. The first kappa shape index (κ1) is 13.0. The molecule has 1 saturated heterocycles. The summed E-state index contributed by atoms with van der Waals surface area (Å²) in [6.45, 7) is 8.93. The van der Waals surface area contributed by atoms with E-state index in [0.717, 1.165) is 18.2 Å². The first-order valence-corrected chi connectivity index (χ1v) is 10.1. The highest BCUT2D eigenvalue weighted by Crippen LogP contribution is 2.47. The van der Waals surface area contributed by atoms with Crippen molar-refractivity contribution in [3.63, 3.8) is 0 Å². The van der Waals surface area contributed by atoms with Crippen LogP contribution in [-0.2, 0) is 0 Å². The van der Waals surface area contributed by atoms with Crippen LogP contribution in [0.25, 0.3) is 5.53 Å². The van der Waals surface area contributed by atoms with Gasteiger partial charge in [0.1, 0.15) is 0 Å². The van der Waals surface area contributed by atoms with Crippen molar-refractivity contribution in [1.82, 2.24) is 9.34 Å². The summed E-state index contributed by atoms with van der Waals surface area (Å²) in [6.07, 6.45) is 1.20. The molecule has 6 heteroatoms. The second kappa shape index (κ2) is 4.85. The number of nitrogens with zero attached hydrogens (tertiary/aromatic N) is 4. The summed E-state index contributed by atoms with van der Waals surface area (Å²) in [5.74, 6) is 0. The molecule has 0 bridgehead atoms. The fraction of sp³-hybridized carbons (Fsp3) is 0.889. The molecule has 0 radical (unpaired) electrons. The summed E-state index contributed by atoms with van der Waals surface area (Å²) in [4.78, 5) is 3.61. The number of rotatable bonds is 2. The van der Waals surface area contributed by atoms with Crippen LogP contribution in [0.1, 0.15) is 6.42 Å². The Morgan fingerprint density at radius 2 is 1.67 bits per heavy atom. The Bertz CT molecular complexity index is 272. The predicted octanol–water partition coefficient (Wildman–Crippen LogP) is 2.07. The predicted molar refractivity (Wildman–Crippen MR) is 68.8 cm³/mol. The van der Waals surface area contributed by atoms with Gasteiger partial charge in [0.05, 0.1) is 0 Å². The van der Waals surface area contributed by atoms with Crippen LogP contribution in [0.5, 0.6) is 0 Å². The highest BCUT2D eigenvalue weighted by Gasteiger charge is 2.43. The zero-order chi connectivity index (χ0) is 11.6. The van der Waals surface area contributed by atoms with Crippen LogP contribution in [0.4, 0.5) is 0 Å². The molecule has 1 fully saturated rings. The lowest BCUT2D eigenvalue weighted by Crippen LogP contribution is -2.43. The average Bonchev–Trinajstić information content (AvgIpc) is 2.09. The minimum atomic E-state index is -1.51. The molecule has 86 valence electrons. The Morgan fingerprint density at radius 3 is 2.00 bits per heavy atom. The van der Waals surface area contributed by atoms with E-state index in [1.165, 1.54) is 6.42 Å². The molecule has 0 aromatic rings. The molecule has 0 N–H and O–H groups in total. The van der Waals surface area contributed by atoms with Crippen molar-refractivity contribution in [2.75, 3.05) is 27.2 Å². The molecule has 0 aliphatic carbocycles. The number of hydrogen-bond donors (Lipinski definition) is 0. The standard InChI is InChI=1S/C9H21N4PSi/c1-12-7-6-8-13(2)14(12)9(11-10)15(3,4)5/h6-8H2,1-5H3. The normalized spacial score (nSPS) is 21.4. The van der Waals surface area contributed by atoms with Crippen LogP contribution in [0, 0.1) is 0 Å². The van der Waals surface area contributed by atoms with Crippen molar-refractivity contribution in [1.29, 1.82) is 0 Å². The van der Waals surface area contributed by atoms with E-state index >= 15 is 0 Å². The summed E-state index contributed by atoms with van der Waals surface area (Å²) in [5, 5.41) is 1.04. The zero-order valence-corrected chi connectivity index (χ0v) is 12.3. The van der Waals surface area contributed by atoms with Crippen molar-refractivity contribution >= 4 is 21.4 Å². The van der Waals surface area contributed by atoms with Crippen LogP contribution in [0.15, 0.2) is 0 Å². The third kappa shape index (κ3) is 2.96. The molecule has 4 nitrogen and oxygen atoms in total. The molecule has 0 aromatic heterocycles. The summed E-state index contributed by atoms with van der Waals surface area (Å²) >= 11 is 0. The van der Waals surface area contributed by atoms with Gasteiger partial charge in [0.25, 0.3) is 5.08 Å². The molecule has 0 unspecified atom stereocenters. The molecule has 0 aromatic carbocycles. The molecule has 0 saturated carbocycles. The van der Waals surface area contributed by atoms with E-state index in [2.05, 4.69) is 47.9 Å². The monoisotopic (exact) mass is 244 g/mol. The van der Waals surface area contributed by atoms with Crippen molar-refractivity contribution in [3.8, 4) is 0 Å². The second-order valence-electron chi connectivity index (χ2n) is 5.08. The summed E-state index contributed by atoms with van der Waals surface area (Å²) in [7, 11) is 2.23. The maximum Gasteiger partial charge on any atom is 0.284 e. The van der Waals surface area contributed by atoms with Crippen LogP contribution in [0.3, 0.4) is 0 Å². The third-order valence-corrected chi connectivity index (χ3v) is 8.78. The van der Waals surface area contributed by atoms with Gasteiger partial charge in [-0.1, -0.05) is 19.6 Å². The largest absolute Gasteiger partial charge is 0.362 e. The first-order valence-electron chi connectivity index (χ1n) is 5.32. The van der Waals surface area contributed by atoms with Crippen molar-refractivity contribution in [2.24, 2.45) is 0 Å². The van der Waals surface area contributed by atoms with Crippen molar-refractivity contribution in [2.45, 2.75) is 26.1 Å². The van der Waals surface area contributed by atoms with Gasteiger partial charge in [0.15, 0.2) is 16.3 Å². The van der Waals surface area contributed by atoms with E-state index in [-0.39, 0.29) is 0 Å². The van der Waals surface area contributed by atoms with Crippen LogP contribution in [0.2, 0.25) is 19.6 Å². The van der Waals surface area contributed by atoms with Crippen LogP contribution >= 0.6 is 8.22 Å². The van der Waals surface area contributed by atoms with E-state index in [0.29, 0.717) is 0 Å². The number of hydrogen-bond acceptors (Lipinski definition) is 2. The third-order valence-electron chi connectivity index (χ3n) is 2.57. The molecule has 0 spiro atoms. The van der Waals surface area contributed by atoms with Crippen LogP contribution in [-0.4, -0.2) is 54.5 Å². The Labute approximate surface area is 94.7 Å². The lowest BCUT2D eigenvalue weighted by atomic mass is 10.4. The Kier molecular flexibility index (Phi) is 4.21. The Morgan fingerprint density at radius 1 is 1.20 bits per heavy atom. The summed E-state index contributed by atoms with van der Waals surface area (Å²) in [6, 6.07) is 0. The molecular formula is C9H21N4PSi. The average molecular weight is 244 g/mol. The van der Waals surface area contributed by atoms with E-state index in [9.17, 15) is 5.53 Å². The van der Waals surface area contributed by atoms with Gasteiger partial charge in [0.2, 0.25) is 0 Å². The van der Waals surface area contributed by atoms with E-state index in [4.69, 9.17) is 0 Å². The van der Waals surface area contributed by atoms with Crippen molar-refractivity contribution in [3.05, 3.63) is 5.53 Å². The van der Waals surface area contributed by atoms with Gasteiger partial charge < -0.3 is 5.53 Å². The fourth-order valence-corrected chi connectivity index (χ4v) is 7.43. The topological polar surface area (TPSA) is 42.9 Å². The molecule has 1 aliphatic heterocycles. The molecule has 0 atom stereocenters. The smallest absolute Gasteiger partial charge is 0.284 e. The quantitative estimate of drug-likeness (QED) is 0.245. The molecular weight excluding hydrogens is 223 g/mol. The lowest BCUT2D eigenvalue weighted by Gasteiger charge is -2.38. The maximum atomic E-state index is 9.24. The molecule has 15 heavy (non-hydrogen) atoms. The first-order chi connectivity index (χ1) is 6.88. The zero-order valence-electron chi connectivity index (χ0n) is 10.4. The Hall–Kier alpha value is -0.0531.